The predicted molar refractivity (Wildman–Crippen MR) is 87.9 cm³/mol. The molecule has 1 heterocycles. The van der Waals surface area contributed by atoms with Gasteiger partial charge in [-0.15, -0.1) is 0 Å². The zero-order chi connectivity index (χ0) is 15.9. The lowest BCUT2D eigenvalue weighted by molar-refractivity contribution is -0.120. The normalized spacial score (nSPS) is 9.86. The molecule has 4 N–H and O–H groups in total. The summed E-state index contributed by atoms with van der Waals surface area (Å²) in [5.74, 6) is -1.35. The summed E-state index contributed by atoms with van der Waals surface area (Å²) in [7, 11) is 0. The highest BCUT2D eigenvalue weighted by Crippen LogP contribution is 2.10. The number of H-pyrrole nitrogens is 1. The monoisotopic (exact) mass is 412 g/mol. The third kappa shape index (κ3) is 4.32. The Morgan fingerprint density at radius 3 is 2.45 bits per heavy atom. The van der Waals surface area contributed by atoms with Crippen LogP contribution < -0.4 is 16.2 Å². The second-order valence-corrected chi connectivity index (χ2v) is 5.41. The minimum Gasteiger partial charge on any atom is -0.357 e. The zero-order valence-electron chi connectivity index (χ0n) is 11.4. The maximum Gasteiger partial charge on any atom is 0.286 e. The minimum absolute atomic E-state index is 0.241. The van der Waals surface area contributed by atoms with E-state index in [-0.39, 0.29) is 12.5 Å². The van der Waals surface area contributed by atoms with Crippen LogP contribution in [-0.2, 0) is 4.79 Å². The Morgan fingerprint density at radius 1 is 1.00 bits per heavy atom. The Kier molecular flexibility index (Phi) is 5.53. The third-order valence-electron chi connectivity index (χ3n) is 2.69. The number of benzene rings is 1. The van der Waals surface area contributed by atoms with Gasteiger partial charge in [0.05, 0.1) is 12.1 Å². The number of amides is 3. The van der Waals surface area contributed by atoms with Crippen molar-refractivity contribution in [3.8, 4) is 0 Å². The van der Waals surface area contributed by atoms with Crippen molar-refractivity contribution >= 4 is 40.3 Å². The maximum absolute atomic E-state index is 11.9. The number of hydrogen-bond acceptors (Lipinski definition) is 3. The van der Waals surface area contributed by atoms with Crippen molar-refractivity contribution < 1.29 is 14.4 Å². The number of hydrogen-bond donors (Lipinski definition) is 4. The van der Waals surface area contributed by atoms with Gasteiger partial charge in [0.1, 0.15) is 5.69 Å². The average molecular weight is 412 g/mol. The third-order valence-corrected chi connectivity index (χ3v) is 3.63. The molecule has 2 rings (SSSR count). The van der Waals surface area contributed by atoms with E-state index >= 15 is 0 Å². The van der Waals surface area contributed by atoms with Crippen LogP contribution >= 0.6 is 22.6 Å². The van der Waals surface area contributed by atoms with Gasteiger partial charge in [0.2, 0.25) is 0 Å². The molecule has 8 heteroatoms. The molecule has 0 saturated carbocycles. The molecule has 114 valence electrons. The summed E-state index contributed by atoms with van der Waals surface area (Å²) in [6.45, 7) is -0.241. The maximum atomic E-state index is 11.9. The molecule has 0 bridgehead atoms. The van der Waals surface area contributed by atoms with Crippen LogP contribution in [0.5, 0.6) is 0 Å². The Bertz CT molecular complexity index is 685. The number of aromatic amines is 1. The highest BCUT2D eigenvalue weighted by Gasteiger charge is 2.11. The van der Waals surface area contributed by atoms with Crippen LogP contribution in [0.25, 0.3) is 0 Å². The fourth-order valence-electron chi connectivity index (χ4n) is 1.61. The molecule has 0 aliphatic heterocycles. The summed E-state index contributed by atoms with van der Waals surface area (Å²) in [6, 6.07) is 10.3. The van der Waals surface area contributed by atoms with E-state index < -0.39 is 11.8 Å². The summed E-state index contributed by atoms with van der Waals surface area (Å²) < 4.78 is 0.790. The van der Waals surface area contributed by atoms with Crippen molar-refractivity contribution in [2.24, 2.45) is 0 Å². The van der Waals surface area contributed by atoms with Gasteiger partial charge in [0.25, 0.3) is 17.7 Å². The molecule has 0 aliphatic rings. The molecule has 2 aromatic rings. The topological polar surface area (TPSA) is 103 Å². The van der Waals surface area contributed by atoms with Gasteiger partial charge >= 0.3 is 0 Å². The molecule has 0 spiro atoms. The van der Waals surface area contributed by atoms with E-state index in [0.29, 0.717) is 11.3 Å². The van der Waals surface area contributed by atoms with Crippen LogP contribution in [0.2, 0.25) is 0 Å². The molecule has 0 saturated heterocycles. The van der Waals surface area contributed by atoms with Crippen LogP contribution in [0, 0.1) is 3.57 Å². The fraction of sp³-hybridized carbons (Fsp3) is 0.0714. The fourth-order valence-corrected chi connectivity index (χ4v) is 2.24. The lowest BCUT2D eigenvalue weighted by Gasteiger charge is -2.08. The molecular weight excluding hydrogens is 399 g/mol. The van der Waals surface area contributed by atoms with Gasteiger partial charge in [0.15, 0.2) is 0 Å². The Hall–Kier alpha value is -2.36. The predicted octanol–water partition coefficient (Wildman–Crippen LogP) is 0.810. The second kappa shape index (κ2) is 7.59. The van der Waals surface area contributed by atoms with Crippen molar-refractivity contribution in [2.45, 2.75) is 0 Å². The first kappa shape index (κ1) is 16.0. The van der Waals surface area contributed by atoms with E-state index in [2.05, 4.69) is 21.2 Å². The Morgan fingerprint density at radius 2 is 1.77 bits per heavy atom. The number of aromatic nitrogens is 1. The molecule has 3 amide bonds. The van der Waals surface area contributed by atoms with E-state index in [1.54, 1.807) is 36.5 Å². The standard InChI is InChI=1S/C14H13IN4O3/c15-10-5-2-1-4-9(10)13(21)17-8-12(20)18-19-14(22)11-6-3-7-16-11/h1-7,16H,8H2,(H,17,21)(H,18,20)(H,19,22). The van der Waals surface area contributed by atoms with Crippen LogP contribution in [0.15, 0.2) is 42.6 Å². The van der Waals surface area contributed by atoms with Gasteiger partial charge in [-0.3, -0.25) is 25.2 Å². The van der Waals surface area contributed by atoms with Crippen molar-refractivity contribution in [3.63, 3.8) is 0 Å². The second-order valence-electron chi connectivity index (χ2n) is 4.25. The van der Waals surface area contributed by atoms with Crippen molar-refractivity contribution in [2.75, 3.05) is 6.54 Å². The number of carbonyl (C=O) groups excluding carboxylic acids is 3. The molecule has 0 aliphatic carbocycles. The first-order chi connectivity index (χ1) is 10.6. The van der Waals surface area contributed by atoms with E-state index in [4.69, 9.17) is 0 Å². The molecule has 0 fully saturated rings. The first-order valence-corrected chi connectivity index (χ1v) is 7.41. The number of halogens is 1. The smallest absolute Gasteiger partial charge is 0.286 e. The molecular formula is C14H13IN4O3. The van der Waals surface area contributed by atoms with E-state index in [9.17, 15) is 14.4 Å². The van der Waals surface area contributed by atoms with E-state index in [1.165, 1.54) is 0 Å². The molecule has 7 nitrogen and oxygen atoms in total. The molecule has 0 radical (unpaired) electrons. The van der Waals surface area contributed by atoms with Gasteiger partial charge in [-0.25, -0.2) is 0 Å². The van der Waals surface area contributed by atoms with E-state index in [0.717, 1.165) is 3.57 Å². The quantitative estimate of drug-likeness (QED) is 0.442. The zero-order valence-corrected chi connectivity index (χ0v) is 13.5. The largest absolute Gasteiger partial charge is 0.357 e. The number of hydrazine groups is 1. The van der Waals surface area contributed by atoms with Crippen molar-refractivity contribution in [1.82, 2.24) is 21.2 Å². The molecule has 0 unspecified atom stereocenters. The summed E-state index contributed by atoms with van der Waals surface area (Å²) in [4.78, 5) is 37.8. The lowest BCUT2D eigenvalue weighted by atomic mass is 10.2. The van der Waals surface area contributed by atoms with Gasteiger partial charge < -0.3 is 10.3 Å². The lowest BCUT2D eigenvalue weighted by Crippen LogP contribution is -2.46. The van der Waals surface area contributed by atoms with Crippen LogP contribution in [-0.4, -0.2) is 29.3 Å². The van der Waals surface area contributed by atoms with Gasteiger partial charge in [0, 0.05) is 9.77 Å². The number of carbonyl (C=O) groups is 3. The summed E-state index contributed by atoms with van der Waals surface area (Å²) >= 11 is 2.04. The summed E-state index contributed by atoms with van der Waals surface area (Å²) in [5.41, 5.74) is 5.27. The van der Waals surface area contributed by atoms with Gasteiger partial charge in [-0.2, -0.15) is 0 Å². The Balaban J connectivity index is 1.77. The molecule has 22 heavy (non-hydrogen) atoms. The van der Waals surface area contributed by atoms with Crippen molar-refractivity contribution in [1.29, 1.82) is 0 Å². The number of rotatable bonds is 4. The summed E-state index contributed by atoms with van der Waals surface area (Å²) in [6.07, 6.45) is 1.60. The average Bonchev–Trinajstić information content (AvgIpc) is 3.05. The Labute approximate surface area is 140 Å². The van der Waals surface area contributed by atoms with Crippen LogP contribution in [0.3, 0.4) is 0 Å². The highest BCUT2D eigenvalue weighted by molar-refractivity contribution is 14.1. The SMILES string of the molecule is O=C(CNC(=O)c1ccccc1I)NNC(=O)c1ccc[nH]1. The van der Waals surface area contributed by atoms with Crippen molar-refractivity contribution in [3.05, 3.63) is 57.4 Å². The van der Waals surface area contributed by atoms with Gasteiger partial charge in [-0.1, -0.05) is 12.1 Å². The van der Waals surface area contributed by atoms with Gasteiger partial charge in [-0.05, 0) is 46.9 Å². The highest BCUT2D eigenvalue weighted by atomic mass is 127. The number of nitrogens with one attached hydrogen (secondary N) is 4. The first-order valence-electron chi connectivity index (χ1n) is 6.33. The van der Waals surface area contributed by atoms with Crippen LogP contribution in [0.1, 0.15) is 20.8 Å². The molecule has 1 aromatic heterocycles. The molecule has 0 atom stereocenters. The van der Waals surface area contributed by atoms with Crippen LogP contribution in [0.4, 0.5) is 0 Å². The van der Waals surface area contributed by atoms with E-state index in [1.807, 2.05) is 28.7 Å². The summed E-state index contributed by atoms with van der Waals surface area (Å²) in [5, 5.41) is 2.48. The molecule has 1 aromatic carbocycles. The minimum atomic E-state index is -0.529.